The van der Waals surface area contributed by atoms with E-state index in [4.69, 9.17) is 27.4 Å². The van der Waals surface area contributed by atoms with Crippen molar-refractivity contribution < 1.29 is 14.3 Å². The number of nitrogens with two attached hydrogens (primary N) is 1. The first kappa shape index (κ1) is 12.4. The molecule has 0 amide bonds. The van der Waals surface area contributed by atoms with Crippen LogP contribution in [0.2, 0.25) is 0 Å². The molecule has 1 unspecified atom stereocenters. The fourth-order valence-electron chi connectivity index (χ4n) is 1.42. The zero-order valence-corrected chi connectivity index (χ0v) is 10.3. The van der Waals surface area contributed by atoms with Gasteiger partial charge in [-0.3, -0.25) is 4.79 Å². The Kier molecular flexibility index (Phi) is 3.78. The SMILES string of the molecule is NC1=CC(=O)C(OC(=S)NCc2ccccc2)O1. The second-order valence-corrected chi connectivity index (χ2v) is 4.01. The summed E-state index contributed by atoms with van der Waals surface area (Å²) >= 11 is 4.95. The number of hydrogen-bond donors (Lipinski definition) is 2. The molecule has 0 saturated heterocycles. The van der Waals surface area contributed by atoms with Crippen LogP contribution in [0.25, 0.3) is 0 Å². The molecule has 5 nitrogen and oxygen atoms in total. The normalized spacial score (nSPS) is 17.9. The van der Waals surface area contributed by atoms with Crippen LogP contribution in [-0.2, 0) is 20.8 Å². The number of ketones is 1. The van der Waals surface area contributed by atoms with Crippen LogP contribution < -0.4 is 11.1 Å². The molecule has 1 aliphatic rings. The van der Waals surface area contributed by atoms with Gasteiger partial charge in [-0.05, 0) is 17.8 Å². The highest BCUT2D eigenvalue weighted by molar-refractivity contribution is 7.80. The van der Waals surface area contributed by atoms with Gasteiger partial charge in [0.25, 0.3) is 5.17 Å². The predicted molar refractivity (Wildman–Crippen MR) is 69.1 cm³/mol. The highest BCUT2D eigenvalue weighted by atomic mass is 32.1. The van der Waals surface area contributed by atoms with Crippen molar-refractivity contribution in [2.45, 2.75) is 12.8 Å². The van der Waals surface area contributed by atoms with Gasteiger partial charge in [0.15, 0.2) is 5.88 Å². The average molecular weight is 264 g/mol. The van der Waals surface area contributed by atoms with E-state index in [-0.39, 0.29) is 16.8 Å². The number of rotatable bonds is 3. The molecule has 1 atom stereocenters. The number of ether oxygens (including phenoxy) is 2. The summed E-state index contributed by atoms with van der Waals surface area (Å²) in [5.74, 6) is -0.313. The molecule has 1 aromatic rings. The van der Waals surface area contributed by atoms with E-state index in [0.29, 0.717) is 6.54 Å². The number of benzene rings is 1. The molecule has 0 aromatic heterocycles. The predicted octanol–water partition coefficient (Wildman–Crippen LogP) is 0.803. The molecule has 94 valence electrons. The van der Waals surface area contributed by atoms with Gasteiger partial charge in [0.2, 0.25) is 5.78 Å². The maximum atomic E-state index is 11.3. The molecular formula is C12H12N2O3S. The number of hydrogen-bond acceptors (Lipinski definition) is 5. The van der Waals surface area contributed by atoms with Gasteiger partial charge < -0.3 is 20.5 Å². The number of carbonyl (C=O) groups is 1. The van der Waals surface area contributed by atoms with Crippen LogP contribution in [-0.4, -0.2) is 17.2 Å². The molecule has 1 aliphatic heterocycles. The molecule has 2 rings (SSSR count). The van der Waals surface area contributed by atoms with Crippen molar-refractivity contribution in [2.24, 2.45) is 5.73 Å². The monoisotopic (exact) mass is 264 g/mol. The van der Waals surface area contributed by atoms with Gasteiger partial charge in [-0.1, -0.05) is 30.3 Å². The van der Waals surface area contributed by atoms with Crippen molar-refractivity contribution in [2.75, 3.05) is 0 Å². The van der Waals surface area contributed by atoms with Crippen molar-refractivity contribution >= 4 is 23.2 Å². The topological polar surface area (TPSA) is 73.6 Å². The van der Waals surface area contributed by atoms with Crippen molar-refractivity contribution in [1.82, 2.24) is 5.32 Å². The van der Waals surface area contributed by atoms with E-state index in [1.54, 1.807) is 0 Å². The number of nitrogens with one attached hydrogen (secondary N) is 1. The summed E-state index contributed by atoms with van der Waals surface area (Å²) in [4.78, 5) is 11.3. The third kappa shape index (κ3) is 3.21. The summed E-state index contributed by atoms with van der Waals surface area (Å²) in [6.45, 7) is 0.517. The van der Waals surface area contributed by atoms with Crippen LogP contribution >= 0.6 is 12.2 Å². The minimum Gasteiger partial charge on any atom is -0.432 e. The van der Waals surface area contributed by atoms with E-state index >= 15 is 0 Å². The summed E-state index contributed by atoms with van der Waals surface area (Å²) in [6.07, 6.45) is 0.102. The maximum absolute atomic E-state index is 11.3. The third-order valence-electron chi connectivity index (χ3n) is 2.25. The third-order valence-corrected chi connectivity index (χ3v) is 2.49. The first-order valence-corrected chi connectivity index (χ1v) is 5.72. The molecule has 1 heterocycles. The lowest BCUT2D eigenvalue weighted by molar-refractivity contribution is -0.135. The molecule has 18 heavy (non-hydrogen) atoms. The first-order chi connectivity index (χ1) is 8.65. The Balaban J connectivity index is 1.78. The largest absolute Gasteiger partial charge is 0.432 e. The molecule has 0 fully saturated rings. The highest BCUT2D eigenvalue weighted by Gasteiger charge is 2.28. The lowest BCUT2D eigenvalue weighted by Crippen LogP contribution is -2.31. The minimum absolute atomic E-state index is 0.0378. The van der Waals surface area contributed by atoms with Gasteiger partial charge in [0, 0.05) is 12.6 Å². The zero-order chi connectivity index (χ0) is 13.0. The lowest BCUT2D eigenvalue weighted by atomic mass is 10.2. The Hall–Kier alpha value is -2.08. The van der Waals surface area contributed by atoms with E-state index in [2.05, 4.69) is 5.32 Å². The van der Waals surface area contributed by atoms with E-state index in [0.717, 1.165) is 5.56 Å². The molecule has 0 radical (unpaired) electrons. The van der Waals surface area contributed by atoms with Crippen molar-refractivity contribution in [1.29, 1.82) is 0 Å². The van der Waals surface area contributed by atoms with Crippen molar-refractivity contribution in [3.8, 4) is 0 Å². The Labute approximate surface area is 110 Å². The molecule has 3 N–H and O–H groups in total. The van der Waals surface area contributed by atoms with E-state index < -0.39 is 6.29 Å². The fourth-order valence-corrected chi connectivity index (χ4v) is 1.57. The van der Waals surface area contributed by atoms with Crippen LogP contribution in [0.3, 0.4) is 0 Å². The Bertz CT molecular complexity index is 487. The van der Waals surface area contributed by atoms with Crippen LogP contribution in [0.15, 0.2) is 42.3 Å². The highest BCUT2D eigenvalue weighted by Crippen LogP contribution is 2.11. The minimum atomic E-state index is -1.07. The van der Waals surface area contributed by atoms with Gasteiger partial charge in [0.1, 0.15) is 0 Å². The Morgan fingerprint density at radius 1 is 1.44 bits per heavy atom. The molecule has 1 aromatic carbocycles. The quantitative estimate of drug-likeness (QED) is 0.787. The molecule has 6 heteroatoms. The average Bonchev–Trinajstić information content (AvgIpc) is 2.67. The number of thiocarbonyl (C=S) groups is 1. The van der Waals surface area contributed by atoms with E-state index in [1.807, 2.05) is 30.3 Å². The Morgan fingerprint density at radius 3 is 2.78 bits per heavy atom. The van der Waals surface area contributed by atoms with Crippen molar-refractivity contribution in [3.05, 3.63) is 47.9 Å². The van der Waals surface area contributed by atoms with Crippen molar-refractivity contribution in [3.63, 3.8) is 0 Å². The van der Waals surface area contributed by atoms with Gasteiger partial charge in [0.05, 0.1) is 0 Å². The molecule has 0 saturated carbocycles. The summed E-state index contributed by atoms with van der Waals surface area (Å²) in [6, 6.07) is 9.68. The summed E-state index contributed by atoms with van der Waals surface area (Å²) in [5, 5.41) is 2.97. The summed E-state index contributed by atoms with van der Waals surface area (Å²) in [5.41, 5.74) is 6.39. The molecular weight excluding hydrogens is 252 g/mol. The zero-order valence-electron chi connectivity index (χ0n) is 9.46. The van der Waals surface area contributed by atoms with Gasteiger partial charge in [-0.25, -0.2) is 0 Å². The lowest BCUT2D eigenvalue weighted by Gasteiger charge is -2.14. The molecule has 0 aliphatic carbocycles. The van der Waals surface area contributed by atoms with Gasteiger partial charge >= 0.3 is 6.29 Å². The smallest absolute Gasteiger partial charge is 0.308 e. The van der Waals surface area contributed by atoms with Crippen LogP contribution in [0.5, 0.6) is 0 Å². The van der Waals surface area contributed by atoms with Gasteiger partial charge in [-0.15, -0.1) is 0 Å². The number of carbonyl (C=O) groups excluding carboxylic acids is 1. The summed E-state index contributed by atoms with van der Waals surface area (Å²) < 4.78 is 10.1. The fraction of sp³-hybridized carbons (Fsp3) is 0.167. The second kappa shape index (κ2) is 5.50. The summed E-state index contributed by atoms with van der Waals surface area (Å²) in [7, 11) is 0. The van der Waals surface area contributed by atoms with E-state index in [1.165, 1.54) is 6.08 Å². The van der Waals surface area contributed by atoms with Crippen LogP contribution in [0, 0.1) is 0 Å². The second-order valence-electron chi connectivity index (χ2n) is 3.64. The molecule has 0 spiro atoms. The standard InChI is InChI=1S/C12H12N2O3S/c13-10-6-9(15)11(16-10)17-12(18)14-7-8-4-2-1-3-5-8/h1-6,11H,7,13H2,(H,14,18). The molecule has 0 bridgehead atoms. The maximum Gasteiger partial charge on any atom is 0.308 e. The van der Waals surface area contributed by atoms with E-state index in [9.17, 15) is 4.79 Å². The van der Waals surface area contributed by atoms with Crippen LogP contribution in [0.1, 0.15) is 5.56 Å². The Morgan fingerprint density at radius 2 is 2.17 bits per heavy atom. The van der Waals surface area contributed by atoms with Gasteiger partial charge in [-0.2, -0.15) is 0 Å². The first-order valence-electron chi connectivity index (χ1n) is 5.31. The van der Waals surface area contributed by atoms with Crippen LogP contribution in [0.4, 0.5) is 0 Å².